The summed E-state index contributed by atoms with van der Waals surface area (Å²) in [7, 11) is 4.55. The van der Waals surface area contributed by atoms with Gasteiger partial charge in [-0.15, -0.1) is 0 Å². The van der Waals surface area contributed by atoms with Gasteiger partial charge in [-0.1, -0.05) is 136 Å². The maximum absolute atomic E-state index is 10.9. The standard InChI is InChI=1S/C32H63NO2/c1-5-6-7-8-11-15-18-25-31(33(3)4)26-19-16-13-10-9-12-14-17-23-29-27-30(29)24-21-20-22-28(2)32(34)35/h28-31H,5-27H2,1-4H3,(H,34,35). The SMILES string of the molecule is CCCCCCCCCC(CCCCCCCCCCC1CC1CCCCC(C)C(=O)O)N(C)C. The number of aliphatic carboxylic acids is 1. The molecular formula is C32H63NO2. The Hall–Kier alpha value is -0.570. The Morgan fingerprint density at radius 1 is 0.686 bits per heavy atom. The van der Waals surface area contributed by atoms with Crippen molar-refractivity contribution >= 4 is 5.97 Å². The lowest BCUT2D eigenvalue weighted by atomic mass is 9.99. The maximum Gasteiger partial charge on any atom is 0.306 e. The molecule has 0 aromatic rings. The van der Waals surface area contributed by atoms with Gasteiger partial charge in [0.25, 0.3) is 0 Å². The third kappa shape index (κ3) is 18.3. The van der Waals surface area contributed by atoms with E-state index in [4.69, 9.17) is 5.11 Å². The van der Waals surface area contributed by atoms with E-state index in [0.29, 0.717) is 0 Å². The number of rotatable bonds is 26. The van der Waals surface area contributed by atoms with Gasteiger partial charge in [0.1, 0.15) is 0 Å². The molecule has 0 aliphatic heterocycles. The zero-order valence-electron chi connectivity index (χ0n) is 24.4. The summed E-state index contributed by atoms with van der Waals surface area (Å²) in [4.78, 5) is 13.3. The number of carboxylic acid groups (broad SMARTS) is 1. The van der Waals surface area contributed by atoms with E-state index in [9.17, 15) is 4.79 Å². The minimum atomic E-state index is -0.638. The first-order valence-electron chi connectivity index (χ1n) is 15.8. The van der Waals surface area contributed by atoms with Crippen molar-refractivity contribution in [2.75, 3.05) is 14.1 Å². The zero-order chi connectivity index (χ0) is 25.7. The number of hydrogen-bond donors (Lipinski definition) is 1. The molecule has 0 amide bonds. The van der Waals surface area contributed by atoms with Gasteiger partial charge in [-0.3, -0.25) is 4.79 Å². The van der Waals surface area contributed by atoms with Gasteiger partial charge >= 0.3 is 5.97 Å². The minimum absolute atomic E-state index is 0.167. The van der Waals surface area contributed by atoms with Gasteiger partial charge in [0.05, 0.1) is 5.92 Å². The molecule has 0 radical (unpaired) electrons. The van der Waals surface area contributed by atoms with Gasteiger partial charge in [-0.05, 0) is 51.6 Å². The second kappa shape index (κ2) is 21.5. The van der Waals surface area contributed by atoms with Crippen molar-refractivity contribution in [2.24, 2.45) is 17.8 Å². The zero-order valence-corrected chi connectivity index (χ0v) is 24.4. The van der Waals surface area contributed by atoms with E-state index >= 15 is 0 Å². The lowest BCUT2D eigenvalue weighted by molar-refractivity contribution is -0.141. The Bertz CT molecular complexity index is 492. The highest BCUT2D eigenvalue weighted by Crippen LogP contribution is 2.45. The van der Waals surface area contributed by atoms with Gasteiger partial charge in [-0.25, -0.2) is 0 Å². The molecule has 3 nitrogen and oxygen atoms in total. The lowest BCUT2D eigenvalue weighted by Crippen LogP contribution is -2.27. The predicted octanol–water partition coefficient (Wildman–Crippen LogP) is 9.88. The topological polar surface area (TPSA) is 40.5 Å². The first kappa shape index (κ1) is 32.5. The molecule has 0 heterocycles. The van der Waals surface area contributed by atoms with Crippen LogP contribution in [0.1, 0.15) is 162 Å². The van der Waals surface area contributed by atoms with Crippen molar-refractivity contribution in [1.29, 1.82) is 0 Å². The monoisotopic (exact) mass is 493 g/mol. The van der Waals surface area contributed by atoms with Crippen molar-refractivity contribution in [3.05, 3.63) is 0 Å². The molecule has 0 saturated heterocycles. The van der Waals surface area contributed by atoms with Crippen LogP contribution in [0, 0.1) is 17.8 Å². The normalized spacial score (nSPS) is 19.2. The van der Waals surface area contributed by atoms with E-state index in [0.717, 1.165) is 30.7 Å². The van der Waals surface area contributed by atoms with Gasteiger partial charge in [0.15, 0.2) is 0 Å². The fourth-order valence-electron chi connectivity index (χ4n) is 5.84. The summed E-state index contributed by atoms with van der Waals surface area (Å²) in [5.74, 6) is 1.16. The molecule has 3 heteroatoms. The van der Waals surface area contributed by atoms with Crippen LogP contribution < -0.4 is 0 Å². The number of carbonyl (C=O) groups is 1. The fourth-order valence-corrected chi connectivity index (χ4v) is 5.84. The van der Waals surface area contributed by atoms with Crippen molar-refractivity contribution in [3.63, 3.8) is 0 Å². The molecule has 1 fully saturated rings. The first-order valence-corrected chi connectivity index (χ1v) is 15.8. The smallest absolute Gasteiger partial charge is 0.306 e. The molecule has 1 N–H and O–H groups in total. The highest BCUT2D eigenvalue weighted by molar-refractivity contribution is 5.69. The Morgan fingerprint density at radius 3 is 1.54 bits per heavy atom. The fraction of sp³-hybridized carbons (Fsp3) is 0.969. The van der Waals surface area contributed by atoms with E-state index in [2.05, 4.69) is 25.9 Å². The van der Waals surface area contributed by atoms with Gasteiger partial charge in [0, 0.05) is 6.04 Å². The average molecular weight is 494 g/mol. The van der Waals surface area contributed by atoms with E-state index in [1.165, 1.54) is 135 Å². The molecule has 0 spiro atoms. The summed E-state index contributed by atoms with van der Waals surface area (Å²) in [5, 5.41) is 8.95. The average Bonchev–Trinajstić information content (AvgIpc) is 3.58. The Balaban J connectivity index is 1.85. The molecule has 1 saturated carbocycles. The third-order valence-electron chi connectivity index (χ3n) is 8.69. The predicted molar refractivity (Wildman–Crippen MR) is 153 cm³/mol. The molecule has 1 aliphatic rings. The molecule has 0 bridgehead atoms. The van der Waals surface area contributed by atoms with Crippen LogP contribution in [-0.4, -0.2) is 36.1 Å². The van der Waals surface area contributed by atoms with Crippen LogP contribution in [0.3, 0.4) is 0 Å². The van der Waals surface area contributed by atoms with Crippen LogP contribution in [0.2, 0.25) is 0 Å². The van der Waals surface area contributed by atoms with Crippen molar-refractivity contribution in [2.45, 2.75) is 168 Å². The summed E-state index contributed by atoms with van der Waals surface area (Å²) >= 11 is 0. The van der Waals surface area contributed by atoms with Gasteiger partial charge in [-0.2, -0.15) is 0 Å². The second-order valence-electron chi connectivity index (χ2n) is 12.2. The Morgan fingerprint density at radius 2 is 1.09 bits per heavy atom. The van der Waals surface area contributed by atoms with Crippen molar-refractivity contribution in [1.82, 2.24) is 4.90 Å². The summed E-state index contributed by atoms with van der Waals surface area (Å²) in [6, 6.07) is 0.796. The molecule has 208 valence electrons. The minimum Gasteiger partial charge on any atom is -0.481 e. The maximum atomic E-state index is 10.9. The summed E-state index contributed by atoms with van der Waals surface area (Å²) in [6.07, 6.45) is 31.6. The molecule has 0 aromatic carbocycles. The first-order chi connectivity index (χ1) is 17.0. The number of unbranched alkanes of at least 4 members (excludes halogenated alkanes) is 14. The lowest BCUT2D eigenvalue weighted by Gasteiger charge is -2.24. The molecular weight excluding hydrogens is 430 g/mol. The highest BCUT2D eigenvalue weighted by Gasteiger charge is 2.35. The van der Waals surface area contributed by atoms with Gasteiger partial charge < -0.3 is 10.0 Å². The molecule has 1 rings (SSSR count). The molecule has 4 atom stereocenters. The number of nitrogens with zero attached hydrogens (tertiary/aromatic N) is 1. The van der Waals surface area contributed by atoms with E-state index in [-0.39, 0.29) is 5.92 Å². The summed E-state index contributed by atoms with van der Waals surface area (Å²) < 4.78 is 0. The largest absolute Gasteiger partial charge is 0.481 e. The Kier molecular flexibility index (Phi) is 19.9. The number of hydrogen-bond acceptors (Lipinski definition) is 2. The molecule has 4 unspecified atom stereocenters. The van der Waals surface area contributed by atoms with Crippen LogP contribution >= 0.6 is 0 Å². The summed E-state index contributed by atoms with van der Waals surface area (Å²) in [6.45, 7) is 4.13. The summed E-state index contributed by atoms with van der Waals surface area (Å²) in [5.41, 5.74) is 0. The molecule has 1 aliphatic carbocycles. The van der Waals surface area contributed by atoms with Crippen molar-refractivity contribution in [3.8, 4) is 0 Å². The van der Waals surface area contributed by atoms with Crippen LogP contribution in [0.25, 0.3) is 0 Å². The van der Waals surface area contributed by atoms with Crippen molar-refractivity contribution < 1.29 is 9.90 Å². The number of carboxylic acids is 1. The van der Waals surface area contributed by atoms with E-state index in [1.807, 2.05) is 6.92 Å². The third-order valence-corrected chi connectivity index (χ3v) is 8.69. The second-order valence-corrected chi connectivity index (χ2v) is 12.2. The van der Waals surface area contributed by atoms with Crippen LogP contribution in [0.15, 0.2) is 0 Å². The Labute approximate surface area is 220 Å². The van der Waals surface area contributed by atoms with E-state index in [1.54, 1.807) is 0 Å². The molecule has 0 aromatic heterocycles. The van der Waals surface area contributed by atoms with Crippen LogP contribution in [0.4, 0.5) is 0 Å². The van der Waals surface area contributed by atoms with E-state index < -0.39 is 5.97 Å². The molecule has 35 heavy (non-hydrogen) atoms. The van der Waals surface area contributed by atoms with Gasteiger partial charge in [0.2, 0.25) is 0 Å². The quantitative estimate of drug-likeness (QED) is 0.122. The highest BCUT2D eigenvalue weighted by atomic mass is 16.4. The van der Waals surface area contributed by atoms with Crippen LogP contribution in [0.5, 0.6) is 0 Å². The van der Waals surface area contributed by atoms with Crippen LogP contribution in [-0.2, 0) is 4.79 Å².